The van der Waals surface area contributed by atoms with Crippen LogP contribution in [-0.4, -0.2) is 72.4 Å². The molecule has 1 amide bonds. The number of piperidine rings is 1. The molecule has 0 bridgehead atoms. The van der Waals surface area contributed by atoms with Gasteiger partial charge in [-0.05, 0) is 26.7 Å². The highest BCUT2D eigenvalue weighted by Gasteiger charge is 2.45. The van der Waals surface area contributed by atoms with E-state index < -0.39 is 5.60 Å². The molecule has 3 aromatic rings. The predicted molar refractivity (Wildman–Crippen MR) is 131 cm³/mol. The van der Waals surface area contributed by atoms with Crippen LogP contribution in [0.25, 0.3) is 11.4 Å². The second kappa shape index (κ2) is 8.62. The van der Waals surface area contributed by atoms with E-state index in [0.29, 0.717) is 18.2 Å². The summed E-state index contributed by atoms with van der Waals surface area (Å²) in [5.41, 5.74) is 0.170. The number of carbonyl (C=O) groups excluding carboxylic acids is 1. The van der Waals surface area contributed by atoms with Gasteiger partial charge in [0, 0.05) is 62.4 Å². The largest absolute Gasteiger partial charge is 0.389 e. The van der Waals surface area contributed by atoms with Crippen molar-refractivity contribution in [1.82, 2.24) is 29.6 Å². The van der Waals surface area contributed by atoms with Gasteiger partial charge in [-0.25, -0.2) is 15.0 Å². The highest BCUT2D eigenvalue weighted by Crippen LogP contribution is 2.42. The Hall–Kier alpha value is -3.05. The molecule has 0 radical (unpaired) electrons. The molecular weight excluding hydrogens is 452 g/mol. The van der Waals surface area contributed by atoms with E-state index in [1.165, 1.54) is 11.3 Å². The van der Waals surface area contributed by atoms with E-state index in [2.05, 4.69) is 20.3 Å². The Labute approximate surface area is 202 Å². The summed E-state index contributed by atoms with van der Waals surface area (Å²) in [6.07, 6.45) is 7.39. The van der Waals surface area contributed by atoms with Crippen LogP contribution in [-0.2, 0) is 11.3 Å². The first-order valence-corrected chi connectivity index (χ1v) is 12.4. The fourth-order valence-corrected chi connectivity index (χ4v) is 5.22. The molecule has 2 aliphatic heterocycles. The summed E-state index contributed by atoms with van der Waals surface area (Å²) in [5.74, 6) is 2.27. The molecule has 11 heteroatoms. The summed E-state index contributed by atoms with van der Waals surface area (Å²) >= 11 is 1.51. The molecular formula is C23H30N8O2S. The Balaban J connectivity index is 1.37. The quantitative estimate of drug-likeness (QED) is 0.552. The lowest BCUT2D eigenvalue weighted by Gasteiger charge is -2.54. The van der Waals surface area contributed by atoms with Crippen LogP contribution in [0, 0.1) is 5.41 Å². The number of likely N-dealkylation sites (tertiary alicyclic amines) is 1. The van der Waals surface area contributed by atoms with Gasteiger partial charge in [-0.2, -0.15) is 5.10 Å². The van der Waals surface area contributed by atoms with Gasteiger partial charge >= 0.3 is 0 Å². The maximum Gasteiger partial charge on any atom is 0.219 e. The van der Waals surface area contributed by atoms with Gasteiger partial charge in [0.1, 0.15) is 11.6 Å². The summed E-state index contributed by atoms with van der Waals surface area (Å²) < 4.78 is 1.71. The number of amides is 1. The average molecular weight is 483 g/mol. The van der Waals surface area contributed by atoms with Gasteiger partial charge < -0.3 is 20.2 Å². The van der Waals surface area contributed by atoms with Gasteiger partial charge in [0.15, 0.2) is 11.0 Å². The van der Waals surface area contributed by atoms with Crippen LogP contribution < -0.4 is 10.2 Å². The number of anilines is 3. The number of aliphatic hydroxyl groups is 1. The molecule has 0 aliphatic carbocycles. The van der Waals surface area contributed by atoms with Crippen molar-refractivity contribution in [2.24, 2.45) is 5.41 Å². The van der Waals surface area contributed by atoms with Gasteiger partial charge in [-0.3, -0.25) is 9.48 Å². The molecule has 34 heavy (non-hydrogen) atoms. The molecule has 2 saturated heterocycles. The molecule has 0 atom stereocenters. The van der Waals surface area contributed by atoms with Crippen LogP contribution in [0.5, 0.6) is 0 Å². The van der Waals surface area contributed by atoms with E-state index in [9.17, 15) is 9.90 Å². The summed E-state index contributed by atoms with van der Waals surface area (Å²) in [7, 11) is 0. The first-order chi connectivity index (χ1) is 16.2. The van der Waals surface area contributed by atoms with Crippen molar-refractivity contribution in [3.05, 3.63) is 30.0 Å². The smallest absolute Gasteiger partial charge is 0.219 e. The van der Waals surface area contributed by atoms with E-state index in [4.69, 9.17) is 9.97 Å². The Morgan fingerprint density at radius 1 is 1.26 bits per heavy atom. The lowest BCUT2D eigenvalue weighted by atomic mass is 9.72. The fourth-order valence-electron chi connectivity index (χ4n) is 4.68. The Kier molecular flexibility index (Phi) is 5.76. The number of hydrogen-bond donors (Lipinski definition) is 2. The molecule has 0 aromatic carbocycles. The number of nitrogens with zero attached hydrogens (tertiary/aromatic N) is 7. The molecule has 3 aromatic heterocycles. The van der Waals surface area contributed by atoms with E-state index in [0.717, 1.165) is 55.5 Å². The van der Waals surface area contributed by atoms with Crippen LogP contribution >= 0.6 is 11.3 Å². The van der Waals surface area contributed by atoms with Crippen molar-refractivity contribution in [3.63, 3.8) is 0 Å². The third-order valence-corrected chi connectivity index (χ3v) is 7.15. The van der Waals surface area contributed by atoms with E-state index in [1.807, 2.05) is 22.5 Å². The van der Waals surface area contributed by atoms with Crippen LogP contribution in [0.15, 0.2) is 30.0 Å². The predicted octanol–water partition coefficient (Wildman–Crippen LogP) is 2.76. The lowest BCUT2D eigenvalue weighted by molar-refractivity contribution is -0.131. The Bertz CT molecular complexity index is 1150. The summed E-state index contributed by atoms with van der Waals surface area (Å²) in [6, 6.07) is 1.96. The highest BCUT2D eigenvalue weighted by molar-refractivity contribution is 7.13. The summed E-state index contributed by atoms with van der Waals surface area (Å²) in [5, 5.41) is 20.5. The topological polar surface area (TPSA) is 112 Å². The zero-order chi connectivity index (χ0) is 23.9. The van der Waals surface area contributed by atoms with Crippen molar-refractivity contribution in [2.75, 3.05) is 36.4 Å². The van der Waals surface area contributed by atoms with E-state index in [-0.39, 0.29) is 11.3 Å². The van der Waals surface area contributed by atoms with Gasteiger partial charge in [0.05, 0.1) is 23.9 Å². The third kappa shape index (κ3) is 4.90. The van der Waals surface area contributed by atoms with Crippen molar-refractivity contribution in [1.29, 1.82) is 0 Å². The Morgan fingerprint density at radius 3 is 2.68 bits per heavy atom. The maximum atomic E-state index is 11.7. The number of aromatic nitrogens is 5. The highest BCUT2D eigenvalue weighted by atomic mass is 32.1. The van der Waals surface area contributed by atoms with Gasteiger partial charge in [0.2, 0.25) is 5.91 Å². The second-order valence-electron chi connectivity index (χ2n) is 10.00. The molecule has 180 valence electrons. The molecule has 5 rings (SSSR count). The molecule has 10 nitrogen and oxygen atoms in total. The number of rotatable bonds is 6. The van der Waals surface area contributed by atoms with Crippen molar-refractivity contribution in [2.45, 2.75) is 45.8 Å². The standard InChI is InChI=1S/C23H30N8O2S/c1-16(32)29-7-4-23(5-8-29)14-30(15-23)19-10-18(27-21-24-6-9-34-21)26-20(28-19)17-11-25-31(12-17)13-22(2,3)33/h6,9-12,33H,4-5,7-8,13-15H2,1-3H3,(H,24,26,27,28). The van der Waals surface area contributed by atoms with Crippen molar-refractivity contribution >= 4 is 34.0 Å². The number of thiazole rings is 1. The molecule has 0 saturated carbocycles. The average Bonchev–Trinajstić information content (AvgIpc) is 3.43. The first kappa shape index (κ1) is 22.7. The fraction of sp³-hybridized carbons (Fsp3) is 0.522. The molecule has 0 unspecified atom stereocenters. The normalized spacial score (nSPS) is 17.6. The molecule has 5 heterocycles. The van der Waals surface area contributed by atoms with Gasteiger partial charge in [-0.15, -0.1) is 11.3 Å². The molecule has 1 spiro atoms. The number of nitrogens with one attached hydrogen (secondary N) is 1. The van der Waals surface area contributed by atoms with E-state index >= 15 is 0 Å². The summed E-state index contributed by atoms with van der Waals surface area (Å²) in [4.78, 5) is 29.8. The van der Waals surface area contributed by atoms with Crippen molar-refractivity contribution in [3.8, 4) is 11.4 Å². The molecule has 2 N–H and O–H groups in total. The maximum absolute atomic E-state index is 11.7. The lowest BCUT2D eigenvalue weighted by Crippen LogP contribution is -2.61. The monoisotopic (exact) mass is 482 g/mol. The van der Waals surface area contributed by atoms with Gasteiger partial charge in [-0.1, -0.05) is 0 Å². The van der Waals surface area contributed by atoms with Crippen molar-refractivity contribution < 1.29 is 9.90 Å². The minimum atomic E-state index is -0.868. The van der Waals surface area contributed by atoms with E-state index in [1.54, 1.807) is 37.8 Å². The SMILES string of the molecule is CC(=O)N1CCC2(CC1)CN(c1cc(Nc3nccs3)nc(-c3cnn(CC(C)(C)O)c3)n1)C2. The summed E-state index contributed by atoms with van der Waals surface area (Å²) in [6.45, 7) is 9.03. The van der Waals surface area contributed by atoms with Crippen LogP contribution in [0.2, 0.25) is 0 Å². The third-order valence-electron chi connectivity index (χ3n) is 6.47. The van der Waals surface area contributed by atoms with Crippen LogP contribution in [0.1, 0.15) is 33.6 Å². The number of carbonyl (C=O) groups is 1. The molecule has 2 aliphatic rings. The van der Waals surface area contributed by atoms with Crippen LogP contribution in [0.3, 0.4) is 0 Å². The minimum absolute atomic E-state index is 0.162. The Morgan fingerprint density at radius 2 is 2.03 bits per heavy atom. The zero-order valence-electron chi connectivity index (χ0n) is 19.7. The van der Waals surface area contributed by atoms with Gasteiger partial charge in [0.25, 0.3) is 0 Å². The van der Waals surface area contributed by atoms with Crippen LogP contribution in [0.4, 0.5) is 16.8 Å². The zero-order valence-corrected chi connectivity index (χ0v) is 20.5. The molecule has 2 fully saturated rings. The number of hydrogen-bond acceptors (Lipinski definition) is 9. The first-order valence-electron chi connectivity index (χ1n) is 11.5. The second-order valence-corrected chi connectivity index (χ2v) is 10.9. The minimum Gasteiger partial charge on any atom is -0.389 e.